The van der Waals surface area contributed by atoms with E-state index >= 15 is 0 Å². The van der Waals surface area contributed by atoms with Crippen molar-refractivity contribution in [2.45, 2.75) is 11.3 Å². The largest absolute Gasteiger partial charge is 0.478 e. The molecule has 0 aliphatic heterocycles. The van der Waals surface area contributed by atoms with Gasteiger partial charge >= 0.3 is 0 Å². The number of hydrogen-bond acceptors (Lipinski definition) is 9. The maximum Gasteiger partial charge on any atom is 0.272 e. The molecule has 4 aromatic rings. The van der Waals surface area contributed by atoms with Crippen molar-refractivity contribution in [3.63, 3.8) is 0 Å². The molecule has 0 radical (unpaired) electrons. The van der Waals surface area contributed by atoms with Crippen molar-refractivity contribution in [2.24, 2.45) is 0 Å². The van der Waals surface area contributed by atoms with Crippen LogP contribution in [-0.2, 0) is 10.0 Å². The molecule has 34 heavy (non-hydrogen) atoms. The summed E-state index contributed by atoms with van der Waals surface area (Å²) in [5.74, 6) is -1.28. The number of nitrogens with zero attached hydrogens (tertiary/aromatic N) is 3. The van der Waals surface area contributed by atoms with Gasteiger partial charge in [-0.3, -0.25) is 0 Å². The van der Waals surface area contributed by atoms with E-state index in [-0.39, 0.29) is 22.4 Å². The second-order valence-corrected chi connectivity index (χ2v) is 9.35. The van der Waals surface area contributed by atoms with Gasteiger partial charge in [-0.25, -0.2) is 26.9 Å². The molecular formula is C19H16ClF2N5O5S2. The van der Waals surface area contributed by atoms with Crippen LogP contribution in [0.3, 0.4) is 0 Å². The zero-order valence-electron chi connectivity index (χ0n) is 17.5. The third-order valence-corrected chi connectivity index (χ3v) is 6.78. The first-order valence-corrected chi connectivity index (χ1v) is 12.2. The standard InChI is InChI=1S/C19H16ClF2N5O5S2/c1-30-17-16(32-6-13(21)22)18(31-2)26-19(25-17)27-34(28,29)12-5-23-15-9(12)3-4-10(20)14(15)11-7-33-8-24-11/h3-5,7-8,13,23H,6H2,1-2H3,(H,25,26,27). The smallest absolute Gasteiger partial charge is 0.272 e. The molecule has 2 N–H and O–H groups in total. The van der Waals surface area contributed by atoms with Gasteiger partial charge < -0.3 is 19.2 Å². The summed E-state index contributed by atoms with van der Waals surface area (Å²) < 4.78 is 68.8. The second kappa shape index (κ2) is 9.56. The minimum absolute atomic E-state index is 0.102. The molecule has 0 bridgehead atoms. The van der Waals surface area contributed by atoms with Crippen LogP contribution in [0.1, 0.15) is 0 Å². The topological polar surface area (TPSA) is 128 Å². The summed E-state index contributed by atoms with van der Waals surface area (Å²) in [7, 11) is -1.81. The Kier molecular flexibility index (Phi) is 6.72. The number of rotatable bonds is 9. The van der Waals surface area contributed by atoms with Crippen molar-refractivity contribution in [1.82, 2.24) is 19.9 Å². The highest BCUT2D eigenvalue weighted by molar-refractivity contribution is 7.93. The minimum atomic E-state index is -4.22. The molecule has 0 fully saturated rings. The van der Waals surface area contributed by atoms with Crippen molar-refractivity contribution in [1.29, 1.82) is 0 Å². The van der Waals surface area contributed by atoms with Gasteiger partial charge in [0.2, 0.25) is 11.7 Å². The van der Waals surface area contributed by atoms with Crippen LogP contribution in [0.2, 0.25) is 5.02 Å². The van der Waals surface area contributed by atoms with Gasteiger partial charge in [0.25, 0.3) is 28.2 Å². The van der Waals surface area contributed by atoms with Gasteiger partial charge in [0.05, 0.1) is 36.0 Å². The van der Waals surface area contributed by atoms with E-state index in [0.717, 1.165) is 0 Å². The number of methoxy groups -OCH3 is 2. The molecule has 0 saturated heterocycles. The Labute approximate surface area is 200 Å². The average Bonchev–Trinajstić information content (AvgIpc) is 3.47. The first-order chi connectivity index (χ1) is 16.2. The summed E-state index contributed by atoms with van der Waals surface area (Å²) in [6, 6.07) is 3.13. The normalized spacial score (nSPS) is 11.7. The minimum Gasteiger partial charge on any atom is -0.478 e. The zero-order chi connectivity index (χ0) is 24.5. The molecule has 0 spiro atoms. The monoisotopic (exact) mass is 531 g/mol. The number of halogens is 3. The maximum atomic E-state index is 13.2. The zero-order valence-corrected chi connectivity index (χ0v) is 19.9. The Morgan fingerprint density at radius 2 is 1.91 bits per heavy atom. The quantitative estimate of drug-likeness (QED) is 0.329. The van der Waals surface area contributed by atoms with E-state index < -0.39 is 29.0 Å². The average molecular weight is 532 g/mol. The SMILES string of the molecule is COc1nc(NS(=O)(=O)c2c[nH]c3c(-c4cscn4)c(Cl)ccc23)nc(OC)c1OCC(F)F. The predicted octanol–water partition coefficient (Wildman–Crippen LogP) is 4.20. The van der Waals surface area contributed by atoms with Crippen LogP contribution in [0, 0.1) is 0 Å². The van der Waals surface area contributed by atoms with Crippen molar-refractivity contribution in [3.8, 4) is 28.8 Å². The van der Waals surface area contributed by atoms with Gasteiger partial charge in [0.1, 0.15) is 11.5 Å². The number of aromatic amines is 1. The number of thiazole rings is 1. The fraction of sp³-hybridized carbons (Fsp3) is 0.211. The van der Waals surface area contributed by atoms with Crippen LogP contribution < -0.4 is 18.9 Å². The summed E-state index contributed by atoms with van der Waals surface area (Å²) in [4.78, 5) is 14.9. The van der Waals surface area contributed by atoms with Gasteiger partial charge in [0.15, 0.2) is 0 Å². The van der Waals surface area contributed by atoms with Crippen molar-refractivity contribution >= 4 is 49.8 Å². The Hall–Kier alpha value is -3.23. The van der Waals surface area contributed by atoms with Gasteiger partial charge in [-0.05, 0) is 12.1 Å². The summed E-state index contributed by atoms with van der Waals surface area (Å²) in [6.45, 7) is -0.958. The Morgan fingerprint density at radius 1 is 1.21 bits per heavy atom. The molecule has 10 nitrogen and oxygen atoms in total. The molecule has 0 atom stereocenters. The number of alkyl halides is 2. The Balaban J connectivity index is 1.73. The first kappa shape index (κ1) is 23.9. The molecule has 0 amide bonds. The predicted molar refractivity (Wildman–Crippen MR) is 122 cm³/mol. The number of nitrogens with one attached hydrogen (secondary N) is 2. The lowest BCUT2D eigenvalue weighted by atomic mass is 10.1. The van der Waals surface area contributed by atoms with E-state index in [1.54, 1.807) is 23.0 Å². The van der Waals surface area contributed by atoms with Crippen LogP contribution in [0.4, 0.5) is 14.7 Å². The van der Waals surface area contributed by atoms with Crippen LogP contribution in [0.25, 0.3) is 22.2 Å². The van der Waals surface area contributed by atoms with E-state index in [2.05, 4.69) is 24.7 Å². The number of fused-ring (bicyclic) bond motifs is 1. The highest BCUT2D eigenvalue weighted by Gasteiger charge is 2.26. The summed E-state index contributed by atoms with van der Waals surface area (Å²) in [5, 5.41) is 2.54. The van der Waals surface area contributed by atoms with Gasteiger partial charge in [-0.2, -0.15) is 9.97 Å². The number of ether oxygens (including phenoxy) is 3. The molecular weight excluding hydrogens is 516 g/mol. The highest BCUT2D eigenvalue weighted by Crippen LogP contribution is 2.38. The molecule has 0 aliphatic rings. The summed E-state index contributed by atoms with van der Waals surface area (Å²) in [6.07, 6.45) is -1.47. The lowest BCUT2D eigenvalue weighted by molar-refractivity contribution is 0.0781. The van der Waals surface area contributed by atoms with Crippen LogP contribution in [0.15, 0.2) is 34.1 Å². The molecule has 4 rings (SSSR count). The van der Waals surface area contributed by atoms with E-state index in [4.69, 9.17) is 25.8 Å². The fourth-order valence-electron chi connectivity index (χ4n) is 3.13. The number of anilines is 1. The van der Waals surface area contributed by atoms with Crippen molar-refractivity contribution in [2.75, 3.05) is 25.5 Å². The molecule has 0 aliphatic carbocycles. The Morgan fingerprint density at radius 3 is 2.50 bits per heavy atom. The van der Waals surface area contributed by atoms with E-state index in [9.17, 15) is 17.2 Å². The summed E-state index contributed by atoms with van der Waals surface area (Å²) in [5.41, 5.74) is 3.27. The van der Waals surface area contributed by atoms with Crippen LogP contribution in [-0.4, -0.2) is 55.6 Å². The number of aromatic nitrogens is 4. The third kappa shape index (κ3) is 4.56. The molecule has 3 aromatic heterocycles. The molecule has 180 valence electrons. The van der Waals surface area contributed by atoms with Gasteiger partial charge in [0, 0.05) is 22.5 Å². The Bertz CT molecular complexity index is 1410. The maximum absolute atomic E-state index is 13.2. The van der Waals surface area contributed by atoms with Crippen LogP contribution in [0.5, 0.6) is 17.5 Å². The molecule has 1 aromatic carbocycles. The number of benzene rings is 1. The number of sulfonamides is 1. The van der Waals surface area contributed by atoms with E-state index in [1.165, 1.54) is 31.8 Å². The third-order valence-electron chi connectivity index (χ3n) is 4.51. The molecule has 15 heteroatoms. The first-order valence-electron chi connectivity index (χ1n) is 9.37. The molecule has 3 heterocycles. The van der Waals surface area contributed by atoms with Crippen molar-refractivity contribution in [3.05, 3.63) is 34.2 Å². The number of hydrogen-bond donors (Lipinski definition) is 2. The fourth-order valence-corrected chi connectivity index (χ4v) is 5.05. The van der Waals surface area contributed by atoms with Gasteiger partial charge in [-0.15, -0.1) is 11.3 Å². The van der Waals surface area contributed by atoms with Crippen LogP contribution >= 0.6 is 22.9 Å². The lowest BCUT2D eigenvalue weighted by Crippen LogP contribution is -2.16. The van der Waals surface area contributed by atoms with E-state index in [1.807, 2.05) is 0 Å². The number of H-pyrrole nitrogens is 1. The van der Waals surface area contributed by atoms with Crippen molar-refractivity contribution < 1.29 is 31.4 Å². The van der Waals surface area contributed by atoms with E-state index in [0.29, 0.717) is 27.2 Å². The highest BCUT2D eigenvalue weighted by atomic mass is 35.5. The molecule has 0 saturated carbocycles. The molecule has 0 unspecified atom stereocenters. The summed E-state index contributed by atoms with van der Waals surface area (Å²) >= 11 is 7.72. The van der Waals surface area contributed by atoms with Gasteiger partial charge in [-0.1, -0.05) is 11.6 Å². The lowest BCUT2D eigenvalue weighted by Gasteiger charge is -2.14. The second-order valence-electron chi connectivity index (χ2n) is 6.57.